The zero-order chi connectivity index (χ0) is 6.41. The van der Waals surface area contributed by atoms with E-state index in [1.165, 1.54) is 6.08 Å². The highest BCUT2D eigenvalue weighted by molar-refractivity contribution is 5.37. The Hall–Kier alpha value is -0.990. The summed E-state index contributed by atoms with van der Waals surface area (Å²) in [6.07, 6.45) is 1.46. The monoisotopic (exact) mass is 116 g/mol. The van der Waals surface area contributed by atoms with Crippen molar-refractivity contribution < 1.29 is 14.6 Å². The summed E-state index contributed by atoms with van der Waals surface area (Å²) >= 11 is 0. The molecule has 1 N–H and O–H groups in total. The zero-order valence-corrected chi connectivity index (χ0v) is 4.63. The molecule has 0 saturated carbocycles. The summed E-state index contributed by atoms with van der Waals surface area (Å²) in [6, 6.07) is 0. The summed E-state index contributed by atoms with van der Waals surface area (Å²) < 4.78 is 4.19. The van der Waals surface area contributed by atoms with Gasteiger partial charge < -0.3 is 9.84 Å². The predicted molar refractivity (Wildman–Crippen MR) is 28.4 cm³/mol. The van der Waals surface area contributed by atoms with Gasteiger partial charge in [-0.2, -0.15) is 0 Å². The van der Waals surface area contributed by atoms with Crippen LogP contribution in [-0.2, 0) is 9.53 Å². The van der Waals surface area contributed by atoms with Gasteiger partial charge in [-0.05, 0) is 13.0 Å². The molecule has 0 aromatic rings. The van der Waals surface area contributed by atoms with Crippen molar-refractivity contribution in [3.8, 4) is 0 Å². The molecule has 0 saturated heterocycles. The average Bonchev–Trinajstić information content (AvgIpc) is 1.83. The van der Waals surface area contributed by atoms with Crippen LogP contribution in [0, 0.1) is 0 Å². The first kappa shape index (κ1) is 7.01. The number of aliphatic hydroxyl groups excluding tert-OH is 1. The predicted octanol–water partition coefficient (Wildman–Crippen LogP) is 0.621. The van der Waals surface area contributed by atoms with E-state index in [1.807, 2.05) is 0 Å². The molecule has 3 heteroatoms. The Kier molecular flexibility index (Phi) is 3.66. The molecule has 0 heterocycles. The second-order valence-electron chi connectivity index (χ2n) is 1.19. The summed E-state index contributed by atoms with van der Waals surface area (Å²) in [6.45, 7) is 1.92. The molecule has 0 amide bonds. The second kappa shape index (κ2) is 4.18. The van der Waals surface area contributed by atoms with Crippen LogP contribution < -0.4 is 0 Å². The van der Waals surface area contributed by atoms with Crippen LogP contribution >= 0.6 is 0 Å². The van der Waals surface area contributed by atoms with Crippen LogP contribution in [0.4, 0.5) is 0 Å². The minimum Gasteiger partial charge on any atom is -0.509 e. The highest BCUT2D eigenvalue weighted by Gasteiger charge is 1.86. The van der Waals surface area contributed by atoms with Crippen molar-refractivity contribution in [1.29, 1.82) is 0 Å². The van der Waals surface area contributed by atoms with Gasteiger partial charge >= 0.3 is 0 Å². The van der Waals surface area contributed by atoms with Crippen molar-refractivity contribution in [2.75, 3.05) is 6.61 Å². The van der Waals surface area contributed by atoms with Crippen molar-refractivity contribution in [1.82, 2.24) is 0 Å². The zero-order valence-electron chi connectivity index (χ0n) is 4.63. The maximum Gasteiger partial charge on any atom is 0.293 e. The van der Waals surface area contributed by atoms with Crippen LogP contribution in [0.5, 0.6) is 0 Å². The molecule has 0 radical (unpaired) electrons. The van der Waals surface area contributed by atoms with Crippen LogP contribution in [-0.4, -0.2) is 18.2 Å². The van der Waals surface area contributed by atoms with Gasteiger partial charge in [0.2, 0.25) is 0 Å². The molecule has 0 atom stereocenters. The summed E-state index contributed by atoms with van der Waals surface area (Å²) in [4.78, 5) is 9.46. The molecule has 0 aliphatic heterocycles. The number of hydrogen-bond donors (Lipinski definition) is 1. The fourth-order valence-electron chi connectivity index (χ4n) is 0.203. The summed E-state index contributed by atoms with van der Waals surface area (Å²) in [5, 5.41) is 8.57. The maximum absolute atomic E-state index is 9.46. The number of ether oxygens (including phenoxy) is 1. The smallest absolute Gasteiger partial charge is 0.293 e. The summed E-state index contributed by atoms with van der Waals surface area (Å²) in [7, 11) is 0. The Labute approximate surface area is 47.6 Å². The second-order valence-corrected chi connectivity index (χ2v) is 1.19. The minimum atomic E-state index is -0.0278. The van der Waals surface area contributed by atoms with Gasteiger partial charge in [0, 0.05) is 0 Å². The molecule has 0 aromatic carbocycles. The van der Waals surface area contributed by atoms with Crippen LogP contribution in [0.25, 0.3) is 0 Å². The van der Waals surface area contributed by atoms with Gasteiger partial charge in [0.1, 0.15) is 12.4 Å². The van der Waals surface area contributed by atoms with Gasteiger partial charge in [-0.1, -0.05) is 0 Å². The molecular weight excluding hydrogens is 108 g/mol. The first-order valence-corrected chi connectivity index (χ1v) is 2.20. The van der Waals surface area contributed by atoms with E-state index in [1.54, 1.807) is 6.92 Å². The number of rotatable bonds is 3. The van der Waals surface area contributed by atoms with E-state index in [2.05, 4.69) is 4.74 Å². The average molecular weight is 116 g/mol. The number of aliphatic hydroxyl groups is 1. The molecule has 0 rings (SSSR count). The van der Waals surface area contributed by atoms with Gasteiger partial charge in [-0.15, -0.1) is 0 Å². The minimum absolute atomic E-state index is 0.0278. The summed E-state index contributed by atoms with van der Waals surface area (Å²) in [5.41, 5.74) is 0. The van der Waals surface area contributed by atoms with Crippen LogP contribution in [0.15, 0.2) is 11.8 Å². The van der Waals surface area contributed by atoms with Crippen molar-refractivity contribution in [2.45, 2.75) is 6.92 Å². The van der Waals surface area contributed by atoms with Crippen LogP contribution in [0.2, 0.25) is 0 Å². The van der Waals surface area contributed by atoms with E-state index in [-0.39, 0.29) is 12.4 Å². The molecule has 0 aliphatic rings. The maximum atomic E-state index is 9.46. The Morgan fingerprint density at radius 3 is 2.88 bits per heavy atom. The lowest BCUT2D eigenvalue weighted by atomic mass is 10.5. The first-order chi connectivity index (χ1) is 3.81. The molecule has 0 fully saturated rings. The third-order valence-electron chi connectivity index (χ3n) is 0.632. The van der Waals surface area contributed by atoms with Crippen molar-refractivity contribution >= 4 is 6.47 Å². The molecule has 3 nitrogen and oxygen atoms in total. The largest absolute Gasteiger partial charge is 0.509 e. The Bertz CT molecular complexity index is 95.8. The van der Waals surface area contributed by atoms with E-state index < -0.39 is 0 Å². The molecule has 0 spiro atoms. The van der Waals surface area contributed by atoms with Crippen molar-refractivity contribution in [2.24, 2.45) is 0 Å². The number of carbonyl (C=O) groups is 1. The van der Waals surface area contributed by atoms with E-state index in [4.69, 9.17) is 5.11 Å². The third-order valence-corrected chi connectivity index (χ3v) is 0.632. The van der Waals surface area contributed by atoms with Gasteiger partial charge in [-0.3, -0.25) is 4.79 Å². The normalized spacial score (nSPS) is 10.9. The molecule has 0 aromatic heterocycles. The molecular formula is C5H8O3. The standard InChI is InChI=1S/C5H8O3/c1-2-5(7)3-8-4-6/h2,4,7H,3H2,1H3/b5-2+. The van der Waals surface area contributed by atoms with Gasteiger partial charge in [0.05, 0.1) is 0 Å². The molecule has 0 aliphatic carbocycles. The van der Waals surface area contributed by atoms with Gasteiger partial charge in [-0.25, -0.2) is 0 Å². The molecule has 0 unspecified atom stereocenters. The van der Waals surface area contributed by atoms with Crippen LogP contribution in [0.3, 0.4) is 0 Å². The van der Waals surface area contributed by atoms with Gasteiger partial charge in [0.15, 0.2) is 0 Å². The SMILES string of the molecule is C/C=C(/O)COC=O. The van der Waals surface area contributed by atoms with Crippen molar-refractivity contribution in [3.05, 3.63) is 11.8 Å². The van der Waals surface area contributed by atoms with E-state index in [0.717, 1.165) is 0 Å². The highest BCUT2D eigenvalue weighted by atomic mass is 16.5. The molecule has 8 heavy (non-hydrogen) atoms. The quantitative estimate of drug-likeness (QED) is 0.434. The first-order valence-electron chi connectivity index (χ1n) is 2.20. The Morgan fingerprint density at radius 1 is 1.88 bits per heavy atom. The fraction of sp³-hybridized carbons (Fsp3) is 0.400. The van der Waals surface area contributed by atoms with E-state index in [0.29, 0.717) is 6.47 Å². The summed E-state index contributed by atoms with van der Waals surface area (Å²) in [5.74, 6) is 0.0668. The van der Waals surface area contributed by atoms with Crippen molar-refractivity contribution in [3.63, 3.8) is 0 Å². The fourth-order valence-corrected chi connectivity index (χ4v) is 0.203. The van der Waals surface area contributed by atoms with E-state index in [9.17, 15) is 4.79 Å². The Balaban J connectivity index is 3.24. The molecule has 46 valence electrons. The van der Waals surface area contributed by atoms with E-state index >= 15 is 0 Å². The lowest BCUT2D eigenvalue weighted by Gasteiger charge is -1.93. The van der Waals surface area contributed by atoms with Crippen LogP contribution in [0.1, 0.15) is 6.92 Å². The highest BCUT2D eigenvalue weighted by Crippen LogP contribution is 1.84. The number of allylic oxidation sites excluding steroid dienone is 1. The topological polar surface area (TPSA) is 46.5 Å². The lowest BCUT2D eigenvalue weighted by molar-refractivity contribution is -0.128. The third kappa shape index (κ3) is 3.21. The lowest BCUT2D eigenvalue weighted by Crippen LogP contribution is -1.93. The molecule has 0 bridgehead atoms. The number of carbonyl (C=O) groups excluding carboxylic acids is 1. The number of hydrogen-bond acceptors (Lipinski definition) is 3. The Morgan fingerprint density at radius 2 is 2.50 bits per heavy atom. The van der Waals surface area contributed by atoms with Gasteiger partial charge in [0.25, 0.3) is 6.47 Å².